The van der Waals surface area contributed by atoms with Crippen molar-refractivity contribution >= 4 is 22.8 Å². The maximum absolute atomic E-state index is 13.8. The summed E-state index contributed by atoms with van der Waals surface area (Å²) in [6, 6.07) is 9.72. The first kappa shape index (κ1) is 24.6. The van der Waals surface area contributed by atoms with Crippen molar-refractivity contribution in [1.82, 2.24) is 15.3 Å². The summed E-state index contributed by atoms with van der Waals surface area (Å²) >= 11 is 0. The van der Waals surface area contributed by atoms with Gasteiger partial charge in [0, 0.05) is 48.9 Å². The van der Waals surface area contributed by atoms with Crippen LogP contribution in [0.25, 0.3) is 17.1 Å². The van der Waals surface area contributed by atoms with Crippen LogP contribution in [-0.4, -0.2) is 49.3 Å². The predicted molar refractivity (Wildman–Crippen MR) is 139 cm³/mol. The minimum absolute atomic E-state index is 0.0609. The van der Waals surface area contributed by atoms with E-state index < -0.39 is 11.6 Å². The Morgan fingerprint density at radius 3 is 2.94 bits per heavy atom. The lowest BCUT2D eigenvalue weighted by atomic mass is 9.61. The molecule has 3 heterocycles. The third-order valence-corrected chi connectivity index (χ3v) is 7.95. The van der Waals surface area contributed by atoms with E-state index in [-0.39, 0.29) is 11.0 Å². The molecule has 0 bridgehead atoms. The highest BCUT2D eigenvalue weighted by Gasteiger charge is 2.46. The Morgan fingerprint density at radius 1 is 1.22 bits per heavy atom. The smallest absolute Gasteiger partial charge is 0.213 e. The van der Waals surface area contributed by atoms with Gasteiger partial charge in [-0.15, -0.1) is 0 Å². The Balaban J connectivity index is 1.24. The third-order valence-electron chi connectivity index (χ3n) is 7.95. The van der Waals surface area contributed by atoms with Gasteiger partial charge in [0.25, 0.3) is 0 Å². The van der Waals surface area contributed by atoms with Crippen LogP contribution in [0.3, 0.4) is 0 Å². The number of fused-ring (bicyclic) bond motifs is 2. The van der Waals surface area contributed by atoms with E-state index in [0.29, 0.717) is 30.9 Å². The topological polar surface area (TPSA) is 76.3 Å². The van der Waals surface area contributed by atoms with Crippen molar-refractivity contribution in [2.75, 3.05) is 38.2 Å². The van der Waals surface area contributed by atoms with Crippen LogP contribution in [0.4, 0.5) is 14.5 Å². The molecule has 2 fully saturated rings. The van der Waals surface area contributed by atoms with Crippen molar-refractivity contribution in [2.45, 2.75) is 31.7 Å². The molecule has 3 unspecified atom stereocenters. The summed E-state index contributed by atoms with van der Waals surface area (Å²) in [7, 11) is 1.63. The standard InChI is InChI=1S/C28H33F2N5O/c1-36-26-7-6-24-27(34-26)25(9-13-33-24)35-14-10-20-16-22(8-11-28(20,17-31)18-35)32-12-2-3-19-15-21(29)4-5-23(19)30/h2-7,9,13,15,20,22,32H,8,10-12,14,16-18,31H2,1H3. The number of ether oxygens (including phenoxy) is 1. The third kappa shape index (κ3) is 4.92. The van der Waals surface area contributed by atoms with Gasteiger partial charge < -0.3 is 20.7 Å². The summed E-state index contributed by atoms with van der Waals surface area (Å²) in [5.41, 5.74) is 9.56. The van der Waals surface area contributed by atoms with Crippen LogP contribution in [0.15, 0.2) is 48.7 Å². The lowest BCUT2D eigenvalue weighted by molar-refractivity contribution is 0.0651. The average molecular weight is 494 g/mol. The largest absolute Gasteiger partial charge is 0.481 e. The molecule has 1 aliphatic carbocycles. The van der Waals surface area contributed by atoms with Gasteiger partial charge in [-0.3, -0.25) is 4.98 Å². The molecule has 8 heteroatoms. The van der Waals surface area contributed by atoms with Crippen molar-refractivity contribution < 1.29 is 13.5 Å². The Morgan fingerprint density at radius 2 is 2.11 bits per heavy atom. The van der Waals surface area contributed by atoms with Gasteiger partial charge in [0.05, 0.1) is 18.3 Å². The van der Waals surface area contributed by atoms with E-state index >= 15 is 0 Å². The zero-order chi connectivity index (χ0) is 25.1. The van der Waals surface area contributed by atoms with Crippen LogP contribution >= 0.6 is 0 Å². The van der Waals surface area contributed by atoms with E-state index in [0.717, 1.165) is 67.6 Å². The molecule has 190 valence electrons. The summed E-state index contributed by atoms with van der Waals surface area (Å²) in [5.74, 6) is 0.266. The second-order valence-electron chi connectivity index (χ2n) is 9.97. The van der Waals surface area contributed by atoms with Crippen molar-refractivity contribution in [3.05, 3.63) is 65.9 Å². The fourth-order valence-corrected chi connectivity index (χ4v) is 5.93. The summed E-state index contributed by atoms with van der Waals surface area (Å²) in [4.78, 5) is 11.6. The Hall–Kier alpha value is -3.10. The Kier molecular flexibility index (Phi) is 7.16. The zero-order valence-electron chi connectivity index (χ0n) is 20.6. The van der Waals surface area contributed by atoms with Gasteiger partial charge in [-0.25, -0.2) is 13.8 Å². The molecule has 0 amide bonds. The van der Waals surface area contributed by atoms with Gasteiger partial charge in [0.2, 0.25) is 5.88 Å². The Labute approximate surface area is 210 Å². The highest BCUT2D eigenvalue weighted by Crippen LogP contribution is 2.47. The van der Waals surface area contributed by atoms with E-state index in [2.05, 4.69) is 20.2 Å². The fraction of sp³-hybridized carbons (Fsp3) is 0.429. The molecule has 1 saturated heterocycles. The molecular weight excluding hydrogens is 460 g/mol. The van der Waals surface area contributed by atoms with E-state index in [4.69, 9.17) is 10.5 Å². The quantitative estimate of drug-likeness (QED) is 0.503. The molecule has 0 radical (unpaired) electrons. The molecule has 36 heavy (non-hydrogen) atoms. The molecule has 0 spiro atoms. The van der Waals surface area contributed by atoms with Gasteiger partial charge in [0.15, 0.2) is 0 Å². The predicted octanol–water partition coefficient (Wildman–Crippen LogP) is 4.54. The molecule has 3 aromatic rings. The number of halogens is 2. The second-order valence-corrected chi connectivity index (χ2v) is 9.97. The first-order valence-electron chi connectivity index (χ1n) is 12.6. The van der Waals surface area contributed by atoms with Crippen LogP contribution in [0, 0.1) is 23.0 Å². The molecule has 5 rings (SSSR count). The van der Waals surface area contributed by atoms with Gasteiger partial charge in [-0.1, -0.05) is 12.2 Å². The van der Waals surface area contributed by atoms with E-state index in [9.17, 15) is 8.78 Å². The van der Waals surface area contributed by atoms with E-state index in [1.165, 1.54) is 6.07 Å². The number of methoxy groups -OCH3 is 1. The molecule has 1 saturated carbocycles. The van der Waals surface area contributed by atoms with Crippen LogP contribution in [0.5, 0.6) is 5.88 Å². The molecule has 6 nitrogen and oxygen atoms in total. The minimum atomic E-state index is -0.435. The highest BCUT2D eigenvalue weighted by atomic mass is 19.1. The Bertz CT molecular complexity index is 1250. The molecule has 1 aliphatic heterocycles. The monoisotopic (exact) mass is 493 g/mol. The first-order chi connectivity index (χ1) is 17.5. The number of benzene rings is 1. The number of aromatic nitrogens is 2. The molecule has 3 N–H and O–H groups in total. The van der Waals surface area contributed by atoms with Crippen LogP contribution in [-0.2, 0) is 0 Å². The number of hydrogen-bond acceptors (Lipinski definition) is 6. The van der Waals surface area contributed by atoms with Gasteiger partial charge in [-0.05, 0) is 68.5 Å². The summed E-state index contributed by atoms with van der Waals surface area (Å²) in [5, 5.41) is 3.59. The molecule has 3 atom stereocenters. The number of piperidine rings is 1. The van der Waals surface area contributed by atoms with Crippen molar-refractivity contribution in [1.29, 1.82) is 0 Å². The van der Waals surface area contributed by atoms with Crippen LogP contribution < -0.4 is 20.7 Å². The SMILES string of the molecule is COc1ccc2nccc(N3CCC4CC(NCC=Cc5cc(F)ccc5F)CCC4(CN)C3)c2n1. The van der Waals surface area contributed by atoms with Crippen LogP contribution in [0.2, 0.25) is 0 Å². The van der Waals surface area contributed by atoms with Crippen molar-refractivity contribution in [3.8, 4) is 5.88 Å². The first-order valence-corrected chi connectivity index (χ1v) is 12.6. The number of anilines is 1. The number of nitrogens with zero attached hydrogens (tertiary/aromatic N) is 3. The fourth-order valence-electron chi connectivity index (χ4n) is 5.93. The number of nitrogens with one attached hydrogen (secondary N) is 1. The number of nitrogens with two attached hydrogens (primary N) is 1. The van der Waals surface area contributed by atoms with Crippen molar-refractivity contribution in [3.63, 3.8) is 0 Å². The van der Waals surface area contributed by atoms with Gasteiger partial charge >= 0.3 is 0 Å². The van der Waals surface area contributed by atoms with Gasteiger partial charge in [0.1, 0.15) is 17.2 Å². The maximum atomic E-state index is 13.8. The lowest BCUT2D eigenvalue weighted by Gasteiger charge is -2.53. The summed E-state index contributed by atoms with van der Waals surface area (Å²) in [6.45, 7) is 3.11. The minimum Gasteiger partial charge on any atom is -0.481 e. The van der Waals surface area contributed by atoms with Crippen LogP contribution in [0.1, 0.15) is 31.2 Å². The zero-order valence-corrected chi connectivity index (χ0v) is 20.6. The molecular formula is C28H33F2N5O. The second kappa shape index (κ2) is 10.5. The maximum Gasteiger partial charge on any atom is 0.213 e. The van der Waals surface area contributed by atoms with E-state index in [1.54, 1.807) is 13.2 Å². The van der Waals surface area contributed by atoms with Crippen molar-refractivity contribution in [2.24, 2.45) is 17.1 Å². The molecule has 1 aromatic carbocycles. The molecule has 2 aromatic heterocycles. The van der Waals surface area contributed by atoms with E-state index in [1.807, 2.05) is 30.5 Å². The lowest BCUT2D eigenvalue weighted by Crippen LogP contribution is -2.57. The number of rotatable bonds is 7. The average Bonchev–Trinajstić information content (AvgIpc) is 2.91. The molecule has 2 aliphatic rings. The van der Waals surface area contributed by atoms with Gasteiger partial charge in [-0.2, -0.15) is 0 Å². The number of hydrogen-bond donors (Lipinski definition) is 2. The summed E-state index contributed by atoms with van der Waals surface area (Å²) in [6.07, 6.45) is 9.55. The number of pyridine rings is 2. The summed E-state index contributed by atoms with van der Waals surface area (Å²) < 4.78 is 32.6. The normalized spacial score (nSPS) is 24.3. The highest BCUT2D eigenvalue weighted by molar-refractivity contribution is 5.88.